The van der Waals surface area contributed by atoms with Crippen LogP contribution in [0.2, 0.25) is 5.02 Å². The molecule has 0 amide bonds. The molecule has 0 bridgehead atoms. The van der Waals surface area contributed by atoms with Crippen molar-refractivity contribution in [2.75, 3.05) is 0 Å². The lowest BCUT2D eigenvalue weighted by molar-refractivity contribution is 0.446. The number of nitriles is 1. The maximum absolute atomic E-state index is 13.3. The van der Waals surface area contributed by atoms with Gasteiger partial charge in [-0.15, -0.1) is 0 Å². The van der Waals surface area contributed by atoms with E-state index in [0.29, 0.717) is 11.4 Å². The van der Waals surface area contributed by atoms with Crippen LogP contribution >= 0.6 is 11.6 Å². The Kier molecular flexibility index (Phi) is 2.50. The zero-order valence-corrected chi connectivity index (χ0v) is 8.71. The minimum absolute atomic E-state index is 0.451. The Morgan fingerprint density at radius 1 is 1.47 bits per heavy atom. The molecule has 1 saturated carbocycles. The molecule has 0 saturated heterocycles. The van der Waals surface area contributed by atoms with Crippen LogP contribution in [0.15, 0.2) is 36.4 Å². The maximum atomic E-state index is 13.3. The van der Waals surface area contributed by atoms with E-state index in [4.69, 9.17) is 16.9 Å². The van der Waals surface area contributed by atoms with Gasteiger partial charge in [-0.3, -0.25) is 0 Å². The first kappa shape index (κ1) is 10.2. The Bertz CT molecular complexity index is 432. The molecule has 1 aromatic rings. The lowest BCUT2D eigenvalue weighted by Gasteiger charge is -2.09. The minimum atomic E-state index is -0.886. The van der Waals surface area contributed by atoms with Gasteiger partial charge in [0.05, 0.1) is 6.07 Å². The Hall–Kier alpha value is -1.33. The van der Waals surface area contributed by atoms with Gasteiger partial charge in [-0.1, -0.05) is 29.8 Å². The standard InChI is InChI=1S/C12H9ClFN/c13-10-4-2-9(3-5-10)12(6-1-7-15)8-11(12)14/h1-6,11H,8H2. The van der Waals surface area contributed by atoms with E-state index in [9.17, 15) is 4.39 Å². The summed E-state index contributed by atoms with van der Waals surface area (Å²) in [5.74, 6) is 0. The number of allylic oxidation sites excluding steroid dienone is 2. The SMILES string of the molecule is N#CC=CC1(c2ccc(Cl)cc2)CC1F. The average Bonchev–Trinajstić information content (AvgIpc) is 2.89. The number of hydrogen-bond acceptors (Lipinski definition) is 1. The molecule has 1 nitrogen and oxygen atoms in total. The highest BCUT2D eigenvalue weighted by Crippen LogP contribution is 2.52. The van der Waals surface area contributed by atoms with Crippen molar-refractivity contribution in [1.29, 1.82) is 5.26 Å². The van der Waals surface area contributed by atoms with Gasteiger partial charge in [0.1, 0.15) is 6.17 Å². The summed E-state index contributed by atoms with van der Waals surface area (Å²) in [6.07, 6.45) is 2.55. The maximum Gasteiger partial charge on any atom is 0.115 e. The second-order valence-corrected chi connectivity index (χ2v) is 4.12. The van der Waals surface area contributed by atoms with Crippen LogP contribution in [-0.2, 0) is 5.41 Å². The van der Waals surface area contributed by atoms with Crippen LogP contribution in [0.25, 0.3) is 0 Å². The van der Waals surface area contributed by atoms with Crippen molar-refractivity contribution in [2.45, 2.75) is 18.0 Å². The van der Waals surface area contributed by atoms with Gasteiger partial charge in [0.25, 0.3) is 0 Å². The molecule has 0 aromatic heterocycles. The van der Waals surface area contributed by atoms with Gasteiger partial charge >= 0.3 is 0 Å². The zero-order valence-electron chi connectivity index (χ0n) is 7.95. The zero-order chi connectivity index (χ0) is 10.9. The fourth-order valence-electron chi connectivity index (χ4n) is 1.75. The van der Waals surface area contributed by atoms with Crippen LogP contribution in [0.4, 0.5) is 4.39 Å². The van der Waals surface area contributed by atoms with E-state index in [1.54, 1.807) is 18.2 Å². The normalized spacial score (nSPS) is 29.0. The summed E-state index contributed by atoms with van der Waals surface area (Å²) in [7, 11) is 0. The van der Waals surface area contributed by atoms with Crippen molar-refractivity contribution >= 4 is 11.6 Å². The monoisotopic (exact) mass is 221 g/mol. The third-order valence-electron chi connectivity index (χ3n) is 2.75. The lowest BCUT2D eigenvalue weighted by atomic mass is 9.95. The fourth-order valence-corrected chi connectivity index (χ4v) is 1.88. The third kappa shape index (κ3) is 1.75. The third-order valence-corrected chi connectivity index (χ3v) is 3.00. The minimum Gasteiger partial charge on any atom is -0.246 e. The van der Waals surface area contributed by atoms with E-state index in [1.165, 1.54) is 6.08 Å². The highest BCUT2D eigenvalue weighted by molar-refractivity contribution is 6.30. The molecule has 1 aliphatic rings. The van der Waals surface area contributed by atoms with Crippen molar-refractivity contribution in [3.05, 3.63) is 47.0 Å². The molecule has 2 unspecified atom stereocenters. The van der Waals surface area contributed by atoms with E-state index in [-0.39, 0.29) is 0 Å². The number of halogens is 2. The van der Waals surface area contributed by atoms with Crippen molar-refractivity contribution in [1.82, 2.24) is 0 Å². The van der Waals surface area contributed by atoms with Gasteiger partial charge in [-0.05, 0) is 24.1 Å². The molecule has 1 aliphatic carbocycles. The van der Waals surface area contributed by atoms with Crippen LogP contribution in [0.3, 0.4) is 0 Å². The van der Waals surface area contributed by atoms with Crippen LogP contribution in [0.5, 0.6) is 0 Å². The van der Waals surface area contributed by atoms with E-state index < -0.39 is 11.6 Å². The van der Waals surface area contributed by atoms with Gasteiger partial charge in [0.15, 0.2) is 0 Å². The molecule has 0 aliphatic heterocycles. The van der Waals surface area contributed by atoms with Crippen molar-refractivity contribution in [2.24, 2.45) is 0 Å². The first-order valence-electron chi connectivity index (χ1n) is 4.66. The fraction of sp³-hybridized carbons (Fsp3) is 0.250. The molecule has 15 heavy (non-hydrogen) atoms. The quantitative estimate of drug-likeness (QED) is 0.703. The van der Waals surface area contributed by atoms with Crippen molar-refractivity contribution in [3.63, 3.8) is 0 Å². The number of hydrogen-bond donors (Lipinski definition) is 0. The Labute approximate surface area is 92.8 Å². The van der Waals surface area contributed by atoms with Crippen molar-refractivity contribution in [3.8, 4) is 6.07 Å². The first-order chi connectivity index (χ1) is 7.19. The molecule has 0 N–H and O–H groups in total. The Morgan fingerprint density at radius 2 is 2.07 bits per heavy atom. The summed E-state index contributed by atoms with van der Waals surface area (Å²) in [5.41, 5.74) is 0.297. The summed E-state index contributed by atoms with van der Waals surface area (Å²) in [5, 5.41) is 9.09. The second-order valence-electron chi connectivity index (χ2n) is 3.68. The molecule has 1 fully saturated rings. The predicted molar refractivity (Wildman–Crippen MR) is 57.4 cm³/mol. The van der Waals surface area contributed by atoms with E-state index in [1.807, 2.05) is 18.2 Å². The molecule has 0 radical (unpaired) electrons. The van der Waals surface area contributed by atoms with Crippen LogP contribution < -0.4 is 0 Å². The van der Waals surface area contributed by atoms with Gasteiger partial charge < -0.3 is 0 Å². The predicted octanol–water partition coefficient (Wildman–Crippen LogP) is 3.40. The summed E-state index contributed by atoms with van der Waals surface area (Å²) in [6.45, 7) is 0. The van der Waals surface area contributed by atoms with E-state index in [2.05, 4.69) is 0 Å². The molecule has 3 heteroatoms. The van der Waals surface area contributed by atoms with Crippen molar-refractivity contribution < 1.29 is 4.39 Å². The van der Waals surface area contributed by atoms with Gasteiger partial charge in [0, 0.05) is 16.5 Å². The van der Waals surface area contributed by atoms with Crippen LogP contribution in [0, 0.1) is 11.3 Å². The van der Waals surface area contributed by atoms with E-state index >= 15 is 0 Å². The molecular weight excluding hydrogens is 213 g/mol. The van der Waals surface area contributed by atoms with Crippen LogP contribution in [0.1, 0.15) is 12.0 Å². The highest BCUT2D eigenvalue weighted by Gasteiger charge is 2.54. The summed E-state index contributed by atoms with van der Waals surface area (Å²) in [6, 6.07) is 8.99. The first-order valence-corrected chi connectivity index (χ1v) is 5.04. The molecule has 76 valence electrons. The number of benzene rings is 1. The molecule has 0 heterocycles. The molecule has 1 aromatic carbocycles. The second kappa shape index (κ2) is 3.67. The number of alkyl halides is 1. The van der Waals surface area contributed by atoms with Gasteiger partial charge in [-0.2, -0.15) is 5.26 Å². The molecule has 2 atom stereocenters. The number of rotatable bonds is 2. The van der Waals surface area contributed by atoms with Crippen LogP contribution in [-0.4, -0.2) is 6.17 Å². The van der Waals surface area contributed by atoms with E-state index in [0.717, 1.165) is 5.56 Å². The molecule has 2 rings (SSSR count). The Balaban J connectivity index is 2.33. The van der Waals surface area contributed by atoms with Gasteiger partial charge in [0.2, 0.25) is 0 Å². The highest BCUT2D eigenvalue weighted by atomic mass is 35.5. The largest absolute Gasteiger partial charge is 0.246 e. The summed E-state index contributed by atoms with van der Waals surface area (Å²) in [4.78, 5) is 0. The Morgan fingerprint density at radius 3 is 2.53 bits per heavy atom. The smallest absolute Gasteiger partial charge is 0.115 e. The molecule has 0 spiro atoms. The number of nitrogens with zero attached hydrogens (tertiary/aromatic N) is 1. The molecular formula is C12H9ClFN. The summed E-state index contributed by atoms with van der Waals surface area (Å²) >= 11 is 5.76. The summed E-state index contributed by atoms with van der Waals surface area (Å²) < 4.78 is 13.3. The topological polar surface area (TPSA) is 23.8 Å². The lowest BCUT2D eigenvalue weighted by Crippen LogP contribution is -2.06. The average molecular weight is 222 g/mol. The van der Waals surface area contributed by atoms with Gasteiger partial charge in [-0.25, -0.2) is 4.39 Å².